The number of nitrogens with zero attached hydrogens (tertiary/aromatic N) is 2. The van der Waals surface area contributed by atoms with Crippen LogP contribution in [0.15, 0.2) is 40.5 Å². The highest BCUT2D eigenvalue weighted by Crippen LogP contribution is 2.21. The second kappa shape index (κ2) is 15.1. The Hall–Kier alpha value is -2.74. The van der Waals surface area contributed by atoms with Crippen molar-refractivity contribution in [2.24, 2.45) is 27.4 Å². The predicted molar refractivity (Wildman–Crippen MR) is 129 cm³/mol. The largest absolute Gasteiger partial charge is 0.347 e. The number of oxime groups is 1. The minimum Gasteiger partial charge on any atom is -0.347 e. The van der Waals surface area contributed by atoms with E-state index in [0.717, 1.165) is 0 Å². The van der Waals surface area contributed by atoms with Gasteiger partial charge < -0.3 is 10.2 Å². The van der Waals surface area contributed by atoms with Gasteiger partial charge in [-0.2, -0.15) is 0 Å². The maximum absolute atomic E-state index is 12.6. The van der Waals surface area contributed by atoms with Gasteiger partial charge in [0.25, 0.3) is 0 Å². The number of amides is 2. The van der Waals surface area contributed by atoms with Crippen molar-refractivity contribution >= 4 is 23.9 Å². The highest BCUT2D eigenvalue weighted by molar-refractivity contribution is 5.87. The van der Waals surface area contributed by atoms with E-state index in [0.29, 0.717) is 12.3 Å². The SMILES string of the molecule is CN=C(C)O/N=C/[C@@H](NC(=O)C(CC(=O)NO)CC(C)C)C(C)(C)C.Cc1ccccc1. The Morgan fingerprint density at radius 3 is 2.19 bits per heavy atom. The number of nitrogens with one attached hydrogen (secondary N) is 2. The van der Waals surface area contributed by atoms with Gasteiger partial charge >= 0.3 is 0 Å². The van der Waals surface area contributed by atoms with Crippen molar-refractivity contribution < 1.29 is 19.6 Å². The fourth-order valence-corrected chi connectivity index (χ4v) is 2.61. The monoisotopic (exact) mass is 448 g/mol. The molecule has 0 aliphatic carbocycles. The van der Waals surface area contributed by atoms with Gasteiger partial charge in [0.15, 0.2) is 0 Å². The van der Waals surface area contributed by atoms with E-state index in [2.05, 4.69) is 34.5 Å². The lowest BCUT2D eigenvalue weighted by Crippen LogP contribution is -2.48. The fraction of sp³-hybridized carbons (Fsp3) is 0.583. The summed E-state index contributed by atoms with van der Waals surface area (Å²) in [6.07, 6.45) is 1.98. The first kappa shape index (κ1) is 29.3. The van der Waals surface area contributed by atoms with Gasteiger partial charge in [-0.25, -0.2) is 5.48 Å². The summed E-state index contributed by atoms with van der Waals surface area (Å²) < 4.78 is 0. The molecule has 0 bridgehead atoms. The van der Waals surface area contributed by atoms with Crippen LogP contribution in [0.1, 0.15) is 59.9 Å². The summed E-state index contributed by atoms with van der Waals surface area (Å²) in [4.78, 5) is 33.0. The normalized spacial score (nSPS) is 13.8. The van der Waals surface area contributed by atoms with Crippen LogP contribution in [-0.2, 0) is 14.4 Å². The van der Waals surface area contributed by atoms with Crippen LogP contribution in [-0.4, -0.2) is 42.2 Å². The van der Waals surface area contributed by atoms with Crippen LogP contribution in [0, 0.1) is 24.2 Å². The third-order valence-corrected chi connectivity index (χ3v) is 4.56. The van der Waals surface area contributed by atoms with Crippen molar-refractivity contribution in [1.82, 2.24) is 10.8 Å². The minimum absolute atomic E-state index is 0.0768. The molecule has 1 unspecified atom stereocenters. The van der Waals surface area contributed by atoms with E-state index in [4.69, 9.17) is 10.0 Å². The molecule has 0 aliphatic heterocycles. The molecule has 32 heavy (non-hydrogen) atoms. The standard InChI is InChI=1S/C17H32N4O4.C7H8/c1-11(2)8-13(9-15(22)21-24)16(23)20-14(17(4,5)6)10-19-25-12(3)18-7;1-7-5-3-2-4-6-7/h10-11,13-14,24H,8-9H2,1-7H3,(H,20,23)(H,21,22);2-6H,1H3/b18-12?,19-10+;/t13?,14-;/m1./s1. The van der Waals surface area contributed by atoms with E-state index in [1.54, 1.807) is 19.5 Å². The molecule has 0 saturated heterocycles. The summed E-state index contributed by atoms with van der Waals surface area (Å²) in [5.74, 6) is -0.738. The molecule has 8 heteroatoms. The highest BCUT2D eigenvalue weighted by atomic mass is 16.6. The molecule has 0 radical (unpaired) electrons. The summed E-state index contributed by atoms with van der Waals surface area (Å²) in [6, 6.07) is 9.87. The molecule has 0 saturated carbocycles. The first-order valence-corrected chi connectivity index (χ1v) is 10.8. The number of aliphatic imine (C=N–C) groups is 1. The van der Waals surface area contributed by atoms with E-state index in [9.17, 15) is 9.59 Å². The van der Waals surface area contributed by atoms with Crippen molar-refractivity contribution in [2.75, 3.05) is 7.05 Å². The number of hydrogen-bond donors (Lipinski definition) is 3. The molecule has 1 rings (SSSR count). The number of aryl methyl sites for hydroxylation is 1. The van der Waals surface area contributed by atoms with Crippen LogP contribution in [0.3, 0.4) is 0 Å². The lowest BCUT2D eigenvalue weighted by Gasteiger charge is -2.30. The predicted octanol–water partition coefficient (Wildman–Crippen LogP) is 4.12. The van der Waals surface area contributed by atoms with E-state index in [1.807, 2.05) is 52.8 Å². The molecule has 0 heterocycles. The number of hydroxylamine groups is 1. The molecule has 180 valence electrons. The summed E-state index contributed by atoms with van der Waals surface area (Å²) in [7, 11) is 1.59. The van der Waals surface area contributed by atoms with E-state index in [1.165, 1.54) is 11.8 Å². The quantitative estimate of drug-likeness (QED) is 0.240. The third kappa shape index (κ3) is 13.5. The van der Waals surface area contributed by atoms with E-state index in [-0.39, 0.29) is 23.7 Å². The van der Waals surface area contributed by atoms with Crippen LogP contribution in [0.25, 0.3) is 0 Å². The average Bonchev–Trinajstić information content (AvgIpc) is 2.72. The number of carbonyl (C=O) groups excluding carboxylic acids is 2. The van der Waals surface area contributed by atoms with Gasteiger partial charge in [0.1, 0.15) is 0 Å². The van der Waals surface area contributed by atoms with Crippen molar-refractivity contribution in [1.29, 1.82) is 0 Å². The second-order valence-electron chi connectivity index (χ2n) is 9.16. The van der Waals surface area contributed by atoms with Gasteiger partial charge in [0, 0.05) is 26.3 Å². The molecule has 1 aromatic rings. The van der Waals surface area contributed by atoms with Crippen LogP contribution < -0.4 is 10.8 Å². The minimum atomic E-state index is -0.583. The number of rotatable bonds is 8. The van der Waals surface area contributed by atoms with Gasteiger partial charge in [-0.15, -0.1) is 0 Å². The smallest absolute Gasteiger partial charge is 0.244 e. The molecule has 1 aromatic carbocycles. The van der Waals surface area contributed by atoms with Gasteiger partial charge in [0.2, 0.25) is 17.7 Å². The van der Waals surface area contributed by atoms with Gasteiger partial charge in [0.05, 0.1) is 12.3 Å². The van der Waals surface area contributed by atoms with Crippen molar-refractivity contribution in [3.05, 3.63) is 35.9 Å². The molecule has 2 amide bonds. The zero-order valence-electron chi connectivity index (χ0n) is 20.7. The van der Waals surface area contributed by atoms with Gasteiger partial charge in [-0.05, 0) is 24.7 Å². The lowest BCUT2D eigenvalue weighted by molar-refractivity contribution is -0.135. The molecule has 2 atom stereocenters. The average molecular weight is 449 g/mol. The fourth-order valence-electron chi connectivity index (χ4n) is 2.61. The number of benzene rings is 1. The van der Waals surface area contributed by atoms with Crippen LogP contribution in [0.5, 0.6) is 0 Å². The molecule has 0 spiro atoms. The van der Waals surface area contributed by atoms with Crippen molar-refractivity contribution in [3.8, 4) is 0 Å². The number of carbonyl (C=O) groups is 2. The van der Waals surface area contributed by atoms with Gasteiger partial charge in [-0.1, -0.05) is 75.7 Å². The number of hydrogen-bond acceptors (Lipinski definition) is 6. The summed E-state index contributed by atoms with van der Waals surface area (Å²) in [5.41, 5.74) is 2.60. The molecule has 3 N–H and O–H groups in total. The molecular formula is C24H40N4O4. The molecule has 8 nitrogen and oxygen atoms in total. The Morgan fingerprint density at radius 2 is 1.78 bits per heavy atom. The van der Waals surface area contributed by atoms with E-state index >= 15 is 0 Å². The van der Waals surface area contributed by atoms with Crippen molar-refractivity contribution in [2.45, 2.75) is 67.3 Å². The Bertz CT molecular complexity index is 740. The molecule has 0 fully saturated rings. The van der Waals surface area contributed by atoms with Crippen LogP contribution in [0.2, 0.25) is 0 Å². The van der Waals surface area contributed by atoms with Crippen LogP contribution >= 0.6 is 0 Å². The summed E-state index contributed by atoms with van der Waals surface area (Å²) in [5, 5.41) is 15.5. The Kier molecular flexibility index (Phi) is 13.8. The Labute approximate surface area is 192 Å². The maximum Gasteiger partial charge on any atom is 0.244 e. The first-order chi connectivity index (χ1) is 14.9. The van der Waals surface area contributed by atoms with Crippen LogP contribution in [0.4, 0.5) is 0 Å². The molecule has 0 aliphatic rings. The van der Waals surface area contributed by atoms with Crippen molar-refractivity contribution in [3.63, 3.8) is 0 Å². The second-order valence-corrected chi connectivity index (χ2v) is 9.16. The van der Waals surface area contributed by atoms with Gasteiger partial charge in [-0.3, -0.25) is 19.8 Å². The Balaban J connectivity index is 0.00000115. The zero-order valence-corrected chi connectivity index (χ0v) is 20.7. The lowest BCUT2D eigenvalue weighted by atomic mass is 9.86. The zero-order chi connectivity index (χ0) is 24.7. The third-order valence-electron chi connectivity index (χ3n) is 4.56. The Morgan fingerprint density at radius 1 is 1.19 bits per heavy atom. The summed E-state index contributed by atoms with van der Waals surface area (Å²) >= 11 is 0. The maximum atomic E-state index is 12.6. The first-order valence-electron chi connectivity index (χ1n) is 10.8. The molecule has 0 aromatic heterocycles. The highest BCUT2D eigenvalue weighted by Gasteiger charge is 2.29. The van der Waals surface area contributed by atoms with E-state index < -0.39 is 17.9 Å². The molecular weight excluding hydrogens is 408 g/mol. The summed E-state index contributed by atoms with van der Waals surface area (Å²) in [6.45, 7) is 13.6. The topological polar surface area (TPSA) is 112 Å².